The highest BCUT2D eigenvalue weighted by Gasteiger charge is 2.46. The fraction of sp³-hybridized carbons (Fsp3) is 0.222. The fourth-order valence-electron chi connectivity index (χ4n) is 2.74. The van der Waals surface area contributed by atoms with E-state index in [1.54, 1.807) is 43.5 Å². The summed E-state index contributed by atoms with van der Waals surface area (Å²) < 4.78 is 5.05. The first-order valence-electron chi connectivity index (χ1n) is 7.26. The summed E-state index contributed by atoms with van der Waals surface area (Å²) >= 11 is 0. The van der Waals surface area contributed by atoms with Crippen LogP contribution in [0.1, 0.15) is 27.9 Å². The van der Waals surface area contributed by atoms with Crippen molar-refractivity contribution in [3.8, 4) is 5.75 Å². The number of ketones is 1. The largest absolute Gasteiger partial charge is 0.497 e. The SMILES string of the molecule is COc1ccc(C(=O)CC2(O)C(=O)Nc3ccc(C)cc32)cc1. The number of nitrogens with one attached hydrogen (secondary N) is 1. The Kier molecular flexibility index (Phi) is 3.66. The Bertz CT molecular complexity index is 782. The minimum atomic E-state index is -1.83. The van der Waals surface area contributed by atoms with Gasteiger partial charge in [-0.2, -0.15) is 0 Å². The first-order valence-corrected chi connectivity index (χ1v) is 7.26. The molecular weight excluding hydrogens is 294 g/mol. The summed E-state index contributed by atoms with van der Waals surface area (Å²) in [7, 11) is 1.54. The summed E-state index contributed by atoms with van der Waals surface area (Å²) in [6.07, 6.45) is -0.304. The van der Waals surface area contributed by atoms with Crippen molar-refractivity contribution in [3.05, 3.63) is 59.2 Å². The minimum Gasteiger partial charge on any atom is -0.497 e. The van der Waals surface area contributed by atoms with Gasteiger partial charge in [0.25, 0.3) is 5.91 Å². The van der Waals surface area contributed by atoms with Crippen LogP contribution in [-0.2, 0) is 10.4 Å². The van der Waals surface area contributed by atoms with Crippen LogP contribution in [0.25, 0.3) is 0 Å². The molecule has 2 N–H and O–H groups in total. The van der Waals surface area contributed by atoms with Crippen molar-refractivity contribution in [1.82, 2.24) is 0 Å². The van der Waals surface area contributed by atoms with Crippen molar-refractivity contribution in [1.29, 1.82) is 0 Å². The summed E-state index contributed by atoms with van der Waals surface area (Å²) in [6, 6.07) is 11.9. The van der Waals surface area contributed by atoms with Crippen molar-refractivity contribution >= 4 is 17.4 Å². The highest BCUT2D eigenvalue weighted by molar-refractivity contribution is 6.09. The first kappa shape index (κ1) is 15.2. The molecule has 0 saturated heterocycles. The number of rotatable bonds is 4. The third-order valence-corrected chi connectivity index (χ3v) is 4.07. The average Bonchev–Trinajstić information content (AvgIpc) is 2.79. The second-order valence-corrected chi connectivity index (χ2v) is 5.69. The van der Waals surface area contributed by atoms with Gasteiger partial charge in [0.2, 0.25) is 0 Å². The molecule has 0 fully saturated rings. The molecule has 5 nitrogen and oxygen atoms in total. The molecule has 1 aliphatic rings. The van der Waals surface area contributed by atoms with Crippen molar-refractivity contribution in [2.75, 3.05) is 12.4 Å². The zero-order valence-electron chi connectivity index (χ0n) is 12.9. The summed E-state index contributed by atoms with van der Waals surface area (Å²) in [5.74, 6) is -0.237. The van der Waals surface area contributed by atoms with Crippen molar-refractivity contribution in [2.45, 2.75) is 18.9 Å². The molecule has 1 heterocycles. The van der Waals surface area contributed by atoms with Gasteiger partial charge in [-0.15, -0.1) is 0 Å². The third-order valence-electron chi connectivity index (χ3n) is 4.07. The predicted molar refractivity (Wildman–Crippen MR) is 85.6 cm³/mol. The number of amides is 1. The monoisotopic (exact) mass is 311 g/mol. The second kappa shape index (κ2) is 5.52. The van der Waals surface area contributed by atoms with Crippen molar-refractivity contribution in [2.24, 2.45) is 0 Å². The summed E-state index contributed by atoms with van der Waals surface area (Å²) in [5, 5.41) is 13.4. The highest BCUT2D eigenvalue weighted by atomic mass is 16.5. The number of aliphatic hydroxyl groups is 1. The lowest BCUT2D eigenvalue weighted by molar-refractivity contribution is -0.133. The lowest BCUT2D eigenvalue weighted by Crippen LogP contribution is -2.36. The first-order chi connectivity index (χ1) is 10.9. The zero-order chi connectivity index (χ0) is 16.6. The Morgan fingerprint density at radius 3 is 2.57 bits per heavy atom. The number of Topliss-reactive ketones (excluding diaryl/α,β-unsaturated/α-hetero) is 1. The van der Waals surface area contributed by atoms with Crippen LogP contribution in [0.15, 0.2) is 42.5 Å². The minimum absolute atomic E-state index is 0.304. The average molecular weight is 311 g/mol. The van der Waals surface area contributed by atoms with Gasteiger partial charge in [0, 0.05) is 16.8 Å². The standard InChI is InChI=1S/C18H17NO4/c1-11-3-8-15-14(9-11)18(22,17(21)19-15)10-16(20)12-4-6-13(23-2)7-5-12/h3-9,22H,10H2,1-2H3,(H,19,21). The van der Waals surface area contributed by atoms with E-state index in [4.69, 9.17) is 4.74 Å². The molecule has 0 radical (unpaired) electrons. The van der Waals surface area contributed by atoms with E-state index in [0.29, 0.717) is 22.6 Å². The molecule has 1 aliphatic heterocycles. The smallest absolute Gasteiger partial charge is 0.261 e. The normalized spacial score (nSPS) is 19.2. The van der Waals surface area contributed by atoms with Crippen molar-refractivity contribution in [3.63, 3.8) is 0 Å². The van der Waals surface area contributed by atoms with Crippen LogP contribution in [0.2, 0.25) is 0 Å². The number of hydrogen-bond acceptors (Lipinski definition) is 4. The molecule has 3 rings (SSSR count). The number of hydrogen-bond donors (Lipinski definition) is 2. The van der Waals surface area contributed by atoms with E-state index in [9.17, 15) is 14.7 Å². The molecule has 2 aromatic carbocycles. The Labute approximate surface area is 133 Å². The Morgan fingerprint density at radius 1 is 1.22 bits per heavy atom. The third kappa shape index (κ3) is 2.59. The molecule has 1 unspecified atom stereocenters. The number of aryl methyl sites for hydroxylation is 1. The van der Waals surface area contributed by atoms with E-state index in [1.165, 1.54) is 0 Å². The molecular formula is C18H17NO4. The maximum absolute atomic E-state index is 12.5. The van der Waals surface area contributed by atoms with Gasteiger partial charge in [0.05, 0.1) is 13.5 Å². The van der Waals surface area contributed by atoms with Gasteiger partial charge < -0.3 is 15.2 Å². The number of benzene rings is 2. The molecule has 5 heteroatoms. The lowest BCUT2D eigenvalue weighted by atomic mass is 9.87. The van der Waals surface area contributed by atoms with E-state index < -0.39 is 11.5 Å². The zero-order valence-corrected chi connectivity index (χ0v) is 12.9. The topological polar surface area (TPSA) is 75.6 Å². The number of anilines is 1. The molecule has 1 amide bonds. The quantitative estimate of drug-likeness (QED) is 0.850. The molecule has 23 heavy (non-hydrogen) atoms. The van der Waals surface area contributed by atoms with Gasteiger partial charge in [0.1, 0.15) is 5.75 Å². The Balaban J connectivity index is 1.90. The summed E-state index contributed by atoms with van der Waals surface area (Å²) in [4.78, 5) is 24.7. The summed E-state index contributed by atoms with van der Waals surface area (Å²) in [5.41, 5.74) is 0.497. The fourth-order valence-corrected chi connectivity index (χ4v) is 2.74. The molecule has 0 spiro atoms. The number of ether oxygens (including phenoxy) is 1. The molecule has 1 atom stereocenters. The van der Waals surface area contributed by atoms with Crippen LogP contribution in [0.5, 0.6) is 5.75 Å². The summed E-state index contributed by atoms with van der Waals surface area (Å²) in [6.45, 7) is 1.87. The van der Waals surface area contributed by atoms with Gasteiger partial charge in [0.15, 0.2) is 11.4 Å². The molecule has 118 valence electrons. The lowest BCUT2D eigenvalue weighted by Gasteiger charge is -2.20. The number of carbonyl (C=O) groups is 2. The predicted octanol–water partition coefficient (Wildman–Crippen LogP) is 2.42. The molecule has 0 aliphatic carbocycles. The number of fused-ring (bicyclic) bond motifs is 1. The molecule has 0 bridgehead atoms. The van der Waals surface area contributed by atoms with Gasteiger partial charge in [-0.1, -0.05) is 17.7 Å². The van der Waals surface area contributed by atoms with Crippen LogP contribution >= 0.6 is 0 Å². The molecule has 0 saturated carbocycles. The van der Waals surface area contributed by atoms with Gasteiger partial charge >= 0.3 is 0 Å². The van der Waals surface area contributed by atoms with Gasteiger partial charge in [-0.3, -0.25) is 9.59 Å². The van der Waals surface area contributed by atoms with Crippen LogP contribution < -0.4 is 10.1 Å². The van der Waals surface area contributed by atoms with Crippen LogP contribution in [0.4, 0.5) is 5.69 Å². The van der Waals surface area contributed by atoms with E-state index in [-0.39, 0.29) is 12.2 Å². The molecule has 2 aromatic rings. The van der Waals surface area contributed by atoms with E-state index in [2.05, 4.69) is 5.32 Å². The van der Waals surface area contributed by atoms with Crippen LogP contribution in [0.3, 0.4) is 0 Å². The second-order valence-electron chi connectivity index (χ2n) is 5.69. The molecule has 0 aromatic heterocycles. The van der Waals surface area contributed by atoms with E-state index in [0.717, 1.165) is 5.56 Å². The number of carbonyl (C=O) groups excluding carboxylic acids is 2. The van der Waals surface area contributed by atoms with E-state index in [1.807, 2.05) is 13.0 Å². The Hall–Kier alpha value is -2.66. The van der Waals surface area contributed by atoms with Crippen molar-refractivity contribution < 1.29 is 19.4 Å². The Morgan fingerprint density at radius 2 is 1.91 bits per heavy atom. The number of methoxy groups -OCH3 is 1. The van der Waals surface area contributed by atoms with E-state index >= 15 is 0 Å². The maximum Gasteiger partial charge on any atom is 0.261 e. The van der Waals surface area contributed by atoms with Crippen LogP contribution in [0, 0.1) is 6.92 Å². The van der Waals surface area contributed by atoms with Gasteiger partial charge in [-0.25, -0.2) is 0 Å². The van der Waals surface area contributed by atoms with Crippen LogP contribution in [-0.4, -0.2) is 23.9 Å². The van der Waals surface area contributed by atoms with Gasteiger partial charge in [-0.05, 0) is 37.3 Å². The maximum atomic E-state index is 12.5. The highest BCUT2D eigenvalue weighted by Crippen LogP contribution is 2.39.